The zero-order valence-corrected chi connectivity index (χ0v) is 6.79. The molecule has 0 aromatic rings. The summed E-state index contributed by atoms with van der Waals surface area (Å²) in [5.74, 6) is 0. The van der Waals surface area contributed by atoms with Crippen molar-refractivity contribution in [2.24, 2.45) is 0 Å². The van der Waals surface area contributed by atoms with Crippen molar-refractivity contribution >= 4 is 17.3 Å². The molecule has 0 saturated carbocycles. The van der Waals surface area contributed by atoms with Crippen LogP contribution in [0.4, 0.5) is 0 Å². The molecule has 0 aliphatic carbocycles. The number of aliphatic hydroxyl groups excluding tert-OH is 1. The van der Waals surface area contributed by atoms with Gasteiger partial charge in [0.15, 0.2) is 5.05 Å². The molecule has 0 aromatic carbocycles. The van der Waals surface area contributed by atoms with Gasteiger partial charge in [-0.1, -0.05) is 0 Å². The fourth-order valence-electron chi connectivity index (χ4n) is 0.374. The third-order valence-electron chi connectivity index (χ3n) is 0.549. The fourth-order valence-corrected chi connectivity index (χ4v) is 0.624. The van der Waals surface area contributed by atoms with Gasteiger partial charge in [-0.2, -0.15) is 0 Å². The standard InChI is InChI=1S/C6H12O2S/c1-6(2,3)8-5(9)4-7/h7H,4H2,1-3H3. The molecular weight excluding hydrogens is 136 g/mol. The quantitative estimate of drug-likeness (QED) is 0.565. The van der Waals surface area contributed by atoms with Crippen molar-refractivity contribution < 1.29 is 9.84 Å². The van der Waals surface area contributed by atoms with Crippen LogP contribution in [0.1, 0.15) is 20.8 Å². The van der Waals surface area contributed by atoms with E-state index in [4.69, 9.17) is 9.84 Å². The Labute approximate surface area is 60.8 Å². The van der Waals surface area contributed by atoms with Gasteiger partial charge in [-0.15, -0.1) is 0 Å². The van der Waals surface area contributed by atoms with Crippen LogP contribution in [0.15, 0.2) is 0 Å². The van der Waals surface area contributed by atoms with Crippen LogP contribution in [0.5, 0.6) is 0 Å². The monoisotopic (exact) mass is 148 g/mol. The number of aliphatic hydroxyl groups is 1. The molecule has 0 bridgehead atoms. The lowest BCUT2D eigenvalue weighted by atomic mass is 10.2. The Morgan fingerprint density at radius 2 is 2.00 bits per heavy atom. The van der Waals surface area contributed by atoms with Crippen molar-refractivity contribution in [3.05, 3.63) is 0 Å². The highest BCUT2D eigenvalue weighted by Crippen LogP contribution is 2.06. The fraction of sp³-hybridized carbons (Fsp3) is 0.833. The Kier molecular flexibility index (Phi) is 3.08. The van der Waals surface area contributed by atoms with Gasteiger partial charge in [0.25, 0.3) is 0 Å². The number of ether oxygens (including phenoxy) is 1. The van der Waals surface area contributed by atoms with Gasteiger partial charge >= 0.3 is 0 Å². The first-order valence-corrected chi connectivity index (χ1v) is 3.19. The second-order valence-electron chi connectivity index (χ2n) is 2.74. The molecule has 0 radical (unpaired) electrons. The zero-order valence-electron chi connectivity index (χ0n) is 5.97. The molecule has 0 atom stereocenters. The van der Waals surface area contributed by atoms with E-state index in [9.17, 15) is 0 Å². The van der Waals surface area contributed by atoms with Gasteiger partial charge in [0.05, 0.1) is 0 Å². The smallest absolute Gasteiger partial charge is 0.185 e. The Balaban J connectivity index is 3.60. The zero-order chi connectivity index (χ0) is 7.49. The summed E-state index contributed by atoms with van der Waals surface area (Å²) in [5.41, 5.74) is -0.278. The minimum absolute atomic E-state index is 0.174. The van der Waals surface area contributed by atoms with E-state index in [2.05, 4.69) is 12.2 Å². The van der Waals surface area contributed by atoms with E-state index in [-0.39, 0.29) is 17.3 Å². The number of hydrogen-bond acceptors (Lipinski definition) is 3. The Morgan fingerprint density at radius 1 is 1.56 bits per heavy atom. The summed E-state index contributed by atoms with van der Waals surface area (Å²) < 4.78 is 5.07. The van der Waals surface area contributed by atoms with Crippen LogP contribution in [-0.4, -0.2) is 22.4 Å². The largest absolute Gasteiger partial charge is 0.479 e. The van der Waals surface area contributed by atoms with Crippen molar-refractivity contribution in [2.75, 3.05) is 6.61 Å². The third-order valence-corrected chi connectivity index (χ3v) is 0.762. The minimum atomic E-state index is -0.278. The molecule has 2 nitrogen and oxygen atoms in total. The molecule has 54 valence electrons. The van der Waals surface area contributed by atoms with E-state index in [1.165, 1.54) is 0 Å². The SMILES string of the molecule is CC(C)(C)OC(=S)CO. The van der Waals surface area contributed by atoms with E-state index in [0.717, 1.165) is 0 Å². The lowest BCUT2D eigenvalue weighted by molar-refractivity contribution is 0.109. The molecule has 1 N–H and O–H groups in total. The highest BCUT2D eigenvalue weighted by atomic mass is 32.1. The van der Waals surface area contributed by atoms with E-state index >= 15 is 0 Å². The first-order chi connectivity index (χ1) is 3.95. The second-order valence-corrected chi connectivity index (χ2v) is 3.20. The molecule has 0 aliphatic heterocycles. The summed E-state index contributed by atoms with van der Waals surface area (Å²) in [5, 5.41) is 8.68. The summed E-state index contributed by atoms with van der Waals surface area (Å²) >= 11 is 4.63. The van der Waals surface area contributed by atoms with Crippen LogP contribution in [0.25, 0.3) is 0 Å². The summed E-state index contributed by atoms with van der Waals surface area (Å²) in [6.45, 7) is 5.48. The van der Waals surface area contributed by atoms with Crippen LogP contribution in [0.3, 0.4) is 0 Å². The summed E-state index contributed by atoms with van der Waals surface area (Å²) in [4.78, 5) is 0. The van der Waals surface area contributed by atoms with Gasteiger partial charge in [-0.05, 0) is 33.0 Å². The van der Waals surface area contributed by atoms with Gasteiger partial charge in [0.1, 0.15) is 12.2 Å². The molecule has 3 heteroatoms. The van der Waals surface area contributed by atoms with Crippen LogP contribution in [0, 0.1) is 0 Å². The average molecular weight is 148 g/mol. The van der Waals surface area contributed by atoms with Gasteiger partial charge < -0.3 is 9.84 Å². The van der Waals surface area contributed by atoms with Crippen molar-refractivity contribution in [3.63, 3.8) is 0 Å². The van der Waals surface area contributed by atoms with E-state index in [0.29, 0.717) is 0 Å². The van der Waals surface area contributed by atoms with Crippen LogP contribution in [0.2, 0.25) is 0 Å². The Morgan fingerprint density at radius 3 is 2.11 bits per heavy atom. The highest BCUT2D eigenvalue weighted by Gasteiger charge is 2.11. The minimum Gasteiger partial charge on any atom is -0.479 e. The van der Waals surface area contributed by atoms with Crippen molar-refractivity contribution in [1.29, 1.82) is 0 Å². The predicted octanol–water partition coefficient (Wildman–Crippen LogP) is 1.12. The molecule has 0 saturated heterocycles. The number of thiocarbonyl (C=S) groups is 1. The molecule has 0 heterocycles. The van der Waals surface area contributed by atoms with E-state index in [1.807, 2.05) is 20.8 Å². The van der Waals surface area contributed by atoms with Crippen molar-refractivity contribution in [3.8, 4) is 0 Å². The number of hydrogen-bond donors (Lipinski definition) is 1. The molecule has 0 aromatic heterocycles. The summed E-state index contributed by atoms with van der Waals surface area (Å²) in [6, 6.07) is 0. The maximum Gasteiger partial charge on any atom is 0.185 e. The predicted molar refractivity (Wildman–Crippen MR) is 40.5 cm³/mol. The Bertz CT molecular complexity index is 104. The molecular formula is C6H12O2S. The second kappa shape index (κ2) is 3.13. The molecule has 0 unspecified atom stereocenters. The maximum absolute atomic E-state index is 8.43. The van der Waals surface area contributed by atoms with Gasteiger partial charge in [-0.3, -0.25) is 0 Å². The van der Waals surface area contributed by atoms with Gasteiger partial charge in [-0.25, -0.2) is 0 Å². The molecule has 0 fully saturated rings. The van der Waals surface area contributed by atoms with Crippen LogP contribution < -0.4 is 0 Å². The lowest BCUT2D eigenvalue weighted by Crippen LogP contribution is -2.24. The average Bonchev–Trinajstić information content (AvgIpc) is 1.62. The third kappa shape index (κ3) is 5.73. The topological polar surface area (TPSA) is 29.5 Å². The van der Waals surface area contributed by atoms with Crippen molar-refractivity contribution in [2.45, 2.75) is 26.4 Å². The van der Waals surface area contributed by atoms with E-state index < -0.39 is 0 Å². The highest BCUT2D eigenvalue weighted by molar-refractivity contribution is 7.80. The molecule has 0 spiro atoms. The van der Waals surface area contributed by atoms with Gasteiger partial charge in [0, 0.05) is 0 Å². The first-order valence-electron chi connectivity index (χ1n) is 2.78. The van der Waals surface area contributed by atoms with Crippen molar-refractivity contribution in [1.82, 2.24) is 0 Å². The first kappa shape index (κ1) is 8.85. The molecule has 9 heavy (non-hydrogen) atoms. The normalized spacial score (nSPS) is 11.1. The lowest BCUT2D eigenvalue weighted by Gasteiger charge is -2.20. The van der Waals surface area contributed by atoms with E-state index in [1.54, 1.807) is 0 Å². The van der Waals surface area contributed by atoms with Gasteiger partial charge in [0.2, 0.25) is 0 Å². The summed E-state index contributed by atoms with van der Waals surface area (Å²) in [6.07, 6.45) is 0. The summed E-state index contributed by atoms with van der Waals surface area (Å²) in [7, 11) is 0. The number of rotatable bonds is 1. The van der Waals surface area contributed by atoms with Crippen LogP contribution >= 0.6 is 12.2 Å². The Hall–Kier alpha value is -0.150. The molecule has 0 aliphatic rings. The maximum atomic E-state index is 8.43. The van der Waals surface area contributed by atoms with Crippen LogP contribution in [-0.2, 0) is 4.74 Å². The molecule has 0 amide bonds. The molecule has 0 rings (SSSR count).